The molecule has 1 N–H and O–H groups in total. The average molecular weight is 279 g/mol. The smallest absolute Gasteiger partial charge is 0.0295 e. The zero-order valence-electron chi connectivity index (χ0n) is 13.6. The first-order valence-electron chi connectivity index (χ1n) is 8.89. The van der Waals surface area contributed by atoms with Crippen molar-refractivity contribution >= 4 is 0 Å². The monoisotopic (exact) mass is 279 g/mol. The molecule has 0 radical (unpaired) electrons. The van der Waals surface area contributed by atoms with Crippen LogP contribution >= 0.6 is 0 Å². The summed E-state index contributed by atoms with van der Waals surface area (Å²) in [4.78, 5) is 5.68. The van der Waals surface area contributed by atoms with Crippen molar-refractivity contribution in [3.05, 3.63) is 0 Å². The van der Waals surface area contributed by atoms with Crippen LogP contribution in [-0.4, -0.2) is 61.2 Å². The van der Waals surface area contributed by atoms with Gasteiger partial charge in [0.25, 0.3) is 0 Å². The molecule has 4 aliphatic heterocycles. The molecule has 4 aliphatic rings. The Bertz CT molecular complexity index is 309. The second-order valence-electron chi connectivity index (χ2n) is 7.59. The molecule has 4 saturated heterocycles. The van der Waals surface area contributed by atoms with Crippen molar-refractivity contribution in [3.63, 3.8) is 0 Å². The van der Waals surface area contributed by atoms with Crippen LogP contribution in [0.3, 0.4) is 0 Å². The highest BCUT2D eigenvalue weighted by molar-refractivity contribution is 5.06. The second-order valence-corrected chi connectivity index (χ2v) is 7.59. The van der Waals surface area contributed by atoms with Gasteiger partial charge >= 0.3 is 0 Å². The summed E-state index contributed by atoms with van der Waals surface area (Å²) in [6, 6.07) is 1.68. The Kier molecular flexibility index (Phi) is 4.68. The molecular weight excluding hydrogens is 246 g/mol. The lowest BCUT2D eigenvalue weighted by Gasteiger charge is -2.49. The van der Waals surface area contributed by atoms with E-state index in [1.165, 1.54) is 52.0 Å². The van der Waals surface area contributed by atoms with Gasteiger partial charge in [0.05, 0.1) is 0 Å². The van der Waals surface area contributed by atoms with E-state index < -0.39 is 0 Å². The molecule has 4 fully saturated rings. The summed E-state index contributed by atoms with van der Waals surface area (Å²) in [6.45, 7) is 14.7. The summed E-state index contributed by atoms with van der Waals surface area (Å²) in [5, 5.41) is 3.54. The zero-order chi connectivity index (χ0) is 14.1. The SMILES string of the molecule is CCNCCC1C2C(CN1CC(C)C)C1CCN2CC1. The van der Waals surface area contributed by atoms with Gasteiger partial charge in [-0.05, 0) is 63.2 Å². The maximum Gasteiger partial charge on any atom is 0.0295 e. The lowest BCUT2D eigenvalue weighted by Crippen LogP contribution is -2.57. The number of piperidine rings is 3. The number of nitrogens with one attached hydrogen (secondary N) is 1. The van der Waals surface area contributed by atoms with Gasteiger partial charge in [-0.25, -0.2) is 0 Å². The fourth-order valence-electron chi connectivity index (χ4n) is 5.06. The van der Waals surface area contributed by atoms with Gasteiger partial charge in [-0.2, -0.15) is 0 Å². The molecule has 3 unspecified atom stereocenters. The van der Waals surface area contributed by atoms with Gasteiger partial charge < -0.3 is 5.32 Å². The average Bonchev–Trinajstić information content (AvgIpc) is 2.80. The van der Waals surface area contributed by atoms with Crippen LogP contribution in [0, 0.1) is 17.8 Å². The first-order valence-corrected chi connectivity index (χ1v) is 8.89. The van der Waals surface area contributed by atoms with E-state index in [0.717, 1.165) is 36.4 Å². The molecule has 0 aliphatic carbocycles. The van der Waals surface area contributed by atoms with Crippen LogP contribution in [0.4, 0.5) is 0 Å². The Balaban J connectivity index is 1.70. The molecule has 3 nitrogen and oxygen atoms in total. The van der Waals surface area contributed by atoms with Crippen LogP contribution in [0.5, 0.6) is 0 Å². The van der Waals surface area contributed by atoms with Gasteiger partial charge in [0.2, 0.25) is 0 Å². The third-order valence-corrected chi connectivity index (χ3v) is 5.82. The van der Waals surface area contributed by atoms with Crippen LogP contribution in [-0.2, 0) is 0 Å². The van der Waals surface area contributed by atoms with E-state index in [9.17, 15) is 0 Å². The summed E-state index contributed by atoms with van der Waals surface area (Å²) >= 11 is 0. The minimum Gasteiger partial charge on any atom is -0.317 e. The van der Waals surface area contributed by atoms with Gasteiger partial charge in [-0.1, -0.05) is 20.8 Å². The van der Waals surface area contributed by atoms with E-state index in [1.54, 1.807) is 0 Å². The number of fused-ring (bicyclic) bond motifs is 2. The zero-order valence-corrected chi connectivity index (χ0v) is 13.6. The van der Waals surface area contributed by atoms with E-state index in [0.29, 0.717) is 0 Å². The fourth-order valence-corrected chi connectivity index (χ4v) is 5.06. The molecule has 20 heavy (non-hydrogen) atoms. The Labute approximate surface area is 125 Å². The van der Waals surface area contributed by atoms with Gasteiger partial charge in [-0.15, -0.1) is 0 Å². The van der Waals surface area contributed by atoms with Crippen LogP contribution in [0.1, 0.15) is 40.0 Å². The summed E-state index contributed by atoms with van der Waals surface area (Å²) in [5.41, 5.74) is 0. The molecule has 0 spiro atoms. The third kappa shape index (κ3) is 2.77. The topological polar surface area (TPSA) is 18.5 Å². The lowest BCUT2D eigenvalue weighted by atomic mass is 9.73. The van der Waals surface area contributed by atoms with Gasteiger partial charge in [0.1, 0.15) is 0 Å². The first-order chi connectivity index (χ1) is 9.70. The molecule has 3 atom stereocenters. The minimum absolute atomic E-state index is 0.796. The molecule has 0 aromatic rings. The lowest BCUT2D eigenvalue weighted by molar-refractivity contribution is 0.00220. The quantitative estimate of drug-likeness (QED) is 0.751. The molecule has 4 heterocycles. The number of rotatable bonds is 6. The van der Waals surface area contributed by atoms with E-state index in [4.69, 9.17) is 0 Å². The van der Waals surface area contributed by atoms with Gasteiger partial charge in [0, 0.05) is 25.2 Å². The molecule has 0 amide bonds. The first kappa shape index (κ1) is 14.8. The van der Waals surface area contributed by atoms with Crippen molar-refractivity contribution in [1.29, 1.82) is 0 Å². The van der Waals surface area contributed by atoms with Crippen LogP contribution < -0.4 is 5.32 Å². The largest absolute Gasteiger partial charge is 0.317 e. The fraction of sp³-hybridized carbons (Fsp3) is 1.00. The summed E-state index contributed by atoms with van der Waals surface area (Å²) in [6.07, 6.45) is 4.28. The standard InChI is InChI=1S/C17H33N3/c1-4-18-8-5-16-17-15(12-20(16)11-13(2)3)14-6-9-19(17)10-7-14/h13-18H,4-12H2,1-3H3. The van der Waals surface area contributed by atoms with Crippen LogP contribution in [0.2, 0.25) is 0 Å². The van der Waals surface area contributed by atoms with Crippen molar-refractivity contribution in [1.82, 2.24) is 15.1 Å². The predicted octanol–water partition coefficient (Wildman–Crippen LogP) is 2.04. The number of likely N-dealkylation sites (tertiary alicyclic amines) is 1. The Morgan fingerprint density at radius 3 is 2.60 bits per heavy atom. The number of hydrogen-bond donors (Lipinski definition) is 1. The van der Waals surface area contributed by atoms with Crippen molar-refractivity contribution in [2.24, 2.45) is 17.8 Å². The van der Waals surface area contributed by atoms with E-state index in [1.807, 2.05) is 0 Å². The molecule has 0 aromatic carbocycles. The normalized spacial score (nSPS) is 40.5. The van der Waals surface area contributed by atoms with E-state index in [2.05, 4.69) is 35.9 Å². The highest BCUT2D eigenvalue weighted by Gasteiger charge is 2.51. The Morgan fingerprint density at radius 2 is 1.95 bits per heavy atom. The van der Waals surface area contributed by atoms with Crippen molar-refractivity contribution in [3.8, 4) is 0 Å². The van der Waals surface area contributed by atoms with Crippen molar-refractivity contribution in [2.75, 3.05) is 39.3 Å². The number of hydrogen-bond acceptors (Lipinski definition) is 3. The summed E-state index contributed by atoms with van der Waals surface area (Å²) in [5.74, 6) is 2.80. The highest BCUT2D eigenvalue weighted by atomic mass is 15.3. The Morgan fingerprint density at radius 1 is 1.20 bits per heavy atom. The molecular formula is C17H33N3. The molecule has 116 valence electrons. The van der Waals surface area contributed by atoms with E-state index in [-0.39, 0.29) is 0 Å². The summed E-state index contributed by atoms with van der Waals surface area (Å²) in [7, 11) is 0. The summed E-state index contributed by atoms with van der Waals surface area (Å²) < 4.78 is 0. The molecule has 0 saturated carbocycles. The third-order valence-electron chi connectivity index (χ3n) is 5.82. The van der Waals surface area contributed by atoms with Gasteiger partial charge in [0.15, 0.2) is 0 Å². The molecule has 0 aromatic heterocycles. The maximum absolute atomic E-state index is 3.54. The van der Waals surface area contributed by atoms with Crippen LogP contribution in [0.15, 0.2) is 0 Å². The van der Waals surface area contributed by atoms with E-state index >= 15 is 0 Å². The highest BCUT2D eigenvalue weighted by Crippen LogP contribution is 2.44. The number of nitrogens with zero attached hydrogens (tertiary/aromatic N) is 2. The maximum atomic E-state index is 3.54. The minimum atomic E-state index is 0.796. The molecule has 3 heteroatoms. The van der Waals surface area contributed by atoms with Gasteiger partial charge in [-0.3, -0.25) is 9.80 Å². The molecule has 4 rings (SSSR count). The second kappa shape index (κ2) is 6.33. The predicted molar refractivity (Wildman–Crippen MR) is 84.9 cm³/mol. The Hall–Kier alpha value is -0.120. The molecule has 2 bridgehead atoms. The van der Waals surface area contributed by atoms with Crippen LogP contribution in [0.25, 0.3) is 0 Å². The van der Waals surface area contributed by atoms with Crippen molar-refractivity contribution in [2.45, 2.75) is 52.1 Å². The van der Waals surface area contributed by atoms with Crippen molar-refractivity contribution < 1.29 is 0 Å².